The van der Waals surface area contributed by atoms with Crippen LogP contribution in [0.15, 0.2) is 22.8 Å². The lowest BCUT2D eigenvalue weighted by Gasteiger charge is -2.24. The van der Waals surface area contributed by atoms with E-state index in [1.54, 1.807) is 12.1 Å². The molecule has 0 saturated carbocycles. The normalized spacial score (nSPS) is 14.0. The molecule has 1 aromatic heterocycles. The summed E-state index contributed by atoms with van der Waals surface area (Å²) in [7, 11) is 0. The lowest BCUT2D eigenvalue weighted by Crippen LogP contribution is -2.35. The Labute approximate surface area is 83.7 Å². The number of furan rings is 1. The van der Waals surface area contributed by atoms with Gasteiger partial charge in [-0.2, -0.15) is 0 Å². The van der Waals surface area contributed by atoms with E-state index in [-0.39, 0.29) is 12.2 Å². The van der Waals surface area contributed by atoms with Crippen LogP contribution in [0.2, 0.25) is 0 Å². The van der Waals surface area contributed by atoms with Crippen LogP contribution < -0.4 is 0 Å². The van der Waals surface area contributed by atoms with E-state index in [0.29, 0.717) is 5.76 Å². The van der Waals surface area contributed by atoms with Gasteiger partial charge in [0.2, 0.25) is 0 Å². The standard InChI is InChI=1S/C11H16O3/c1-11(2,3)10(13)9(12)7-8-5-4-6-14-8/h4-6,10,13H,7H2,1-3H3. The Balaban J connectivity index is 2.59. The average Bonchev–Trinajstić information content (AvgIpc) is 2.53. The first-order valence-electron chi connectivity index (χ1n) is 4.64. The van der Waals surface area contributed by atoms with Crippen molar-refractivity contribution >= 4 is 5.78 Å². The van der Waals surface area contributed by atoms with Crippen molar-refractivity contribution in [1.82, 2.24) is 0 Å². The maximum Gasteiger partial charge on any atom is 0.169 e. The third-order valence-electron chi connectivity index (χ3n) is 2.05. The topological polar surface area (TPSA) is 50.4 Å². The molecule has 0 aromatic carbocycles. The summed E-state index contributed by atoms with van der Waals surface area (Å²) in [5.41, 5.74) is -0.413. The number of carbonyl (C=O) groups is 1. The average molecular weight is 196 g/mol. The molecule has 0 aliphatic carbocycles. The highest BCUT2D eigenvalue weighted by Gasteiger charge is 2.29. The van der Waals surface area contributed by atoms with Crippen molar-refractivity contribution in [2.75, 3.05) is 0 Å². The van der Waals surface area contributed by atoms with Crippen LogP contribution in [0, 0.1) is 5.41 Å². The van der Waals surface area contributed by atoms with E-state index in [0.717, 1.165) is 0 Å². The highest BCUT2D eigenvalue weighted by Crippen LogP contribution is 2.20. The summed E-state index contributed by atoms with van der Waals surface area (Å²) < 4.78 is 5.04. The van der Waals surface area contributed by atoms with Gasteiger partial charge in [0.15, 0.2) is 5.78 Å². The van der Waals surface area contributed by atoms with Crippen molar-refractivity contribution < 1.29 is 14.3 Å². The quantitative estimate of drug-likeness (QED) is 0.802. The predicted molar refractivity (Wildman–Crippen MR) is 52.9 cm³/mol. The van der Waals surface area contributed by atoms with Gasteiger partial charge in [-0.15, -0.1) is 0 Å². The molecule has 0 aliphatic rings. The lowest BCUT2D eigenvalue weighted by molar-refractivity contribution is -0.131. The summed E-state index contributed by atoms with van der Waals surface area (Å²) in [6.45, 7) is 5.49. The maximum atomic E-state index is 11.5. The molecular weight excluding hydrogens is 180 g/mol. The minimum Gasteiger partial charge on any atom is -0.469 e. The molecule has 1 heterocycles. The fraction of sp³-hybridized carbons (Fsp3) is 0.545. The van der Waals surface area contributed by atoms with Gasteiger partial charge < -0.3 is 9.52 Å². The number of ketones is 1. The molecule has 1 aromatic rings. The van der Waals surface area contributed by atoms with Crippen LogP contribution in [0.3, 0.4) is 0 Å². The molecule has 0 bridgehead atoms. The van der Waals surface area contributed by atoms with Crippen LogP contribution in [-0.4, -0.2) is 17.0 Å². The number of rotatable bonds is 3. The summed E-state index contributed by atoms with van der Waals surface area (Å²) in [6.07, 6.45) is 0.741. The molecule has 3 heteroatoms. The monoisotopic (exact) mass is 196 g/mol. The molecule has 1 unspecified atom stereocenters. The van der Waals surface area contributed by atoms with E-state index < -0.39 is 11.5 Å². The van der Waals surface area contributed by atoms with E-state index in [2.05, 4.69) is 0 Å². The number of Topliss-reactive ketones (excluding diaryl/α,β-unsaturated/α-hetero) is 1. The molecule has 3 nitrogen and oxygen atoms in total. The molecule has 1 atom stereocenters. The van der Waals surface area contributed by atoms with E-state index in [4.69, 9.17) is 4.42 Å². The smallest absolute Gasteiger partial charge is 0.169 e. The van der Waals surface area contributed by atoms with E-state index in [1.807, 2.05) is 20.8 Å². The molecule has 0 aliphatic heterocycles. The number of aliphatic hydroxyl groups excluding tert-OH is 1. The van der Waals surface area contributed by atoms with Crippen LogP contribution in [0.5, 0.6) is 0 Å². The molecule has 1 N–H and O–H groups in total. The number of carbonyl (C=O) groups excluding carboxylic acids is 1. The second-order valence-corrected chi connectivity index (χ2v) is 4.49. The van der Waals surface area contributed by atoms with E-state index in [1.165, 1.54) is 6.26 Å². The largest absolute Gasteiger partial charge is 0.469 e. The van der Waals surface area contributed by atoms with Crippen molar-refractivity contribution in [1.29, 1.82) is 0 Å². The van der Waals surface area contributed by atoms with Gasteiger partial charge in [0.1, 0.15) is 11.9 Å². The van der Waals surface area contributed by atoms with Crippen molar-refractivity contribution in [3.63, 3.8) is 0 Å². The Hall–Kier alpha value is -1.09. The highest BCUT2D eigenvalue weighted by molar-refractivity contribution is 5.85. The van der Waals surface area contributed by atoms with Crippen LogP contribution in [-0.2, 0) is 11.2 Å². The van der Waals surface area contributed by atoms with Gasteiger partial charge >= 0.3 is 0 Å². The van der Waals surface area contributed by atoms with E-state index in [9.17, 15) is 9.90 Å². The van der Waals surface area contributed by atoms with Crippen molar-refractivity contribution in [3.05, 3.63) is 24.2 Å². The van der Waals surface area contributed by atoms with Gasteiger partial charge in [0.25, 0.3) is 0 Å². The van der Waals surface area contributed by atoms with Crippen LogP contribution in [0.1, 0.15) is 26.5 Å². The minimum absolute atomic E-state index is 0.158. The summed E-state index contributed by atoms with van der Waals surface area (Å²) in [5.74, 6) is 0.394. The summed E-state index contributed by atoms with van der Waals surface area (Å²) in [5, 5.41) is 9.66. The van der Waals surface area contributed by atoms with Crippen molar-refractivity contribution in [2.24, 2.45) is 5.41 Å². The van der Waals surface area contributed by atoms with Gasteiger partial charge in [0.05, 0.1) is 12.7 Å². The fourth-order valence-electron chi connectivity index (χ4n) is 1.16. The molecule has 14 heavy (non-hydrogen) atoms. The van der Waals surface area contributed by atoms with Gasteiger partial charge in [-0.25, -0.2) is 0 Å². The Bertz CT molecular complexity index is 293. The maximum absolute atomic E-state index is 11.5. The third-order valence-corrected chi connectivity index (χ3v) is 2.05. The van der Waals surface area contributed by atoms with Crippen LogP contribution >= 0.6 is 0 Å². The van der Waals surface area contributed by atoms with Crippen molar-refractivity contribution in [2.45, 2.75) is 33.3 Å². The third kappa shape index (κ3) is 2.70. The molecule has 0 saturated heterocycles. The molecular formula is C11H16O3. The first kappa shape index (κ1) is 11.0. The van der Waals surface area contributed by atoms with E-state index >= 15 is 0 Å². The zero-order valence-electron chi connectivity index (χ0n) is 8.78. The zero-order valence-corrected chi connectivity index (χ0v) is 8.78. The Morgan fingerprint density at radius 1 is 1.57 bits per heavy atom. The summed E-state index contributed by atoms with van der Waals surface area (Å²) in [4.78, 5) is 11.5. The van der Waals surface area contributed by atoms with Gasteiger partial charge in [0, 0.05) is 0 Å². The molecule has 1 rings (SSSR count). The minimum atomic E-state index is -0.937. The predicted octanol–water partition coefficient (Wildman–Crippen LogP) is 1.80. The molecule has 0 amide bonds. The van der Waals surface area contributed by atoms with Crippen LogP contribution in [0.4, 0.5) is 0 Å². The summed E-state index contributed by atoms with van der Waals surface area (Å²) in [6, 6.07) is 3.46. The highest BCUT2D eigenvalue weighted by atomic mass is 16.3. The summed E-state index contributed by atoms with van der Waals surface area (Å²) >= 11 is 0. The molecule has 0 radical (unpaired) electrons. The van der Waals surface area contributed by atoms with Gasteiger partial charge in [-0.3, -0.25) is 4.79 Å². The first-order chi connectivity index (χ1) is 6.41. The number of hydrogen-bond donors (Lipinski definition) is 1. The molecule has 78 valence electrons. The Morgan fingerprint density at radius 2 is 2.21 bits per heavy atom. The second kappa shape index (κ2) is 3.96. The number of hydrogen-bond acceptors (Lipinski definition) is 3. The lowest BCUT2D eigenvalue weighted by atomic mass is 9.85. The Morgan fingerprint density at radius 3 is 2.64 bits per heavy atom. The first-order valence-corrected chi connectivity index (χ1v) is 4.64. The molecule has 0 fully saturated rings. The second-order valence-electron chi connectivity index (χ2n) is 4.49. The SMILES string of the molecule is CC(C)(C)C(O)C(=O)Cc1ccco1. The zero-order chi connectivity index (χ0) is 10.8. The van der Waals surface area contributed by atoms with Crippen LogP contribution in [0.25, 0.3) is 0 Å². The van der Waals surface area contributed by atoms with Gasteiger partial charge in [-0.05, 0) is 17.5 Å². The fourth-order valence-corrected chi connectivity index (χ4v) is 1.16. The van der Waals surface area contributed by atoms with Gasteiger partial charge in [-0.1, -0.05) is 20.8 Å². The molecule has 0 spiro atoms. The van der Waals surface area contributed by atoms with Crippen molar-refractivity contribution in [3.8, 4) is 0 Å². The Kier molecular flexibility index (Phi) is 3.11. The number of aliphatic hydroxyl groups is 1.